The Hall–Kier alpha value is -2.47. The predicted molar refractivity (Wildman–Crippen MR) is 99.0 cm³/mol. The van der Waals surface area contributed by atoms with E-state index in [1.165, 1.54) is 0 Å². The van der Waals surface area contributed by atoms with Gasteiger partial charge in [-0.3, -0.25) is 19.2 Å². The van der Waals surface area contributed by atoms with Gasteiger partial charge in [0, 0.05) is 31.2 Å². The summed E-state index contributed by atoms with van der Waals surface area (Å²) in [6.07, 6.45) is 5.85. The number of nitrogens with zero attached hydrogens (tertiary/aromatic N) is 4. The number of aromatic nitrogens is 2. The van der Waals surface area contributed by atoms with Crippen LogP contribution in [0.25, 0.3) is 0 Å². The van der Waals surface area contributed by atoms with E-state index in [4.69, 9.17) is 5.73 Å². The lowest BCUT2D eigenvalue weighted by molar-refractivity contribution is -0.117. The van der Waals surface area contributed by atoms with Crippen molar-refractivity contribution in [3.8, 4) is 6.07 Å². The topological polar surface area (TPSA) is 117 Å². The summed E-state index contributed by atoms with van der Waals surface area (Å²) in [4.78, 5) is 26.2. The molecule has 1 aromatic rings. The van der Waals surface area contributed by atoms with Crippen molar-refractivity contribution < 1.29 is 14.0 Å². The van der Waals surface area contributed by atoms with E-state index in [0.717, 1.165) is 25.7 Å². The van der Waals surface area contributed by atoms with Crippen LogP contribution >= 0.6 is 0 Å². The van der Waals surface area contributed by atoms with Gasteiger partial charge in [0.15, 0.2) is 5.82 Å². The summed E-state index contributed by atoms with van der Waals surface area (Å²) in [6.45, 7) is 0.974. The average molecular weight is 388 g/mol. The van der Waals surface area contributed by atoms with E-state index in [1.54, 1.807) is 10.9 Å². The second-order valence-electron chi connectivity index (χ2n) is 8.31. The van der Waals surface area contributed by atoms with Crippen LogP contribution in [0.2, 0.25) is 0 Å². The van der Waals surface area contributed by atoms with E-state index in [0.29, 0.717) is 32.0 Å². The van der Waals surface area contributed by atoms with Crippen molar-refractivity contribution in [2.45, 2.75) is 62.7 Å². The summed E-state index contributed by atoms with van der Waals surface area (Å²) in [5.41, 5.74) is 5.11. The van der Waals surface area contributed by atoms with Gasteiger partial charge in [-0.15, -0.1) is 0 Å². The molecule has 1 aliphatic heterocycles. The fourth-order valence-corrected chi connectivity index (χ4v) is 4.35. The van der Waals surface area contributed by atoms with Crippen LogP contribution in [0.4, 0.5) is 10.2 Å². The predicted octanol–water partition coefficient (Wildman–Crippen LogP) is 1.54. The van der Waals surface area contributed by atoms with Gasteiger partial charge in [-0.25, -0.2) is 4.39 Å². The summed E-state index contributed by atoms with van der Waals surface area (Å²) < 4.78 is 14.8. The Balaban J connectivity index is 1.55. The fourth-order valence-electron chi connectivity index (χ4n) is 4.35. The maximum absolute atomic E-state index is 13.2. The standard InChI is InChI=1S/C19H25FN6O2/c20-13-9-25(10-13)14-3-5-19(6-4-14,7-8-21)26-11-15(16(22)27)17(24-26)23-18(28)12-1-2-12/h11-14H,1-7,9-10H2,(H2,22,27)(H,23,24,28)/t14-,19+. The van der Waals surface area contributed by atoms with Crippen LogP contribution in [0.15, 0.2) is 6.20 Å². The lowest BCUT2D eigenvalue weighted by Crippen LogP contribution is -2.55. The molecule has 150 valence electrons. The van der Waals surface area contributed by atoms with Gasteiger partial charge in [0.05, 0.1) is 18.0 Å². The van der Waals surface area contributed by atoms with E-state index < -0.39 is 17.6 Å². The van der Waals surface area contributed by atoms with Crippen molar-refractivity contribution in [2.24, 2.45) is 11.7 Å². The molecule has 3 N–H and O–H groups in total. The van der Waals surface area contributed by atoms with Crippen LogP contribution in [0, 0.1) is 17.2 Å². The molecule has 0 unspecified atom stereocenters. The monoisotopic (exact) mass is 388 g/mol. The third-order valence-corrected chi connectivity index (χ3v) is 6.33. The maximum atomic E-state index is 13.2. The SMILES string of the molecule is N#CC[C@]1(n2cc(C(N)=O)c(NC(=O)C3CC3)n2)CC[C@@H](N2CC(F)C2)CC1. The molecule has 2 heterocycles. The quantitative estimate of drug-likeness (QED) is 0.766. The third kappa shape index (κ3) is 3.49. The Kier molecular flexibility index (Phi) is 4.83. The van der Waals surface area contributed by atoms with Gasteiger partial charge in [-0.2, -0.15) is 10.4 Å². The maximum Gasteiger partial charge on any atom is 0.254 e. The third-order valence-electron chi connectivity index (χ3n) is 6.33. The van der Waals surface area contributed by atoms with Gasteiger partial charge in [-0.1, -0.05) is 0 Å². The zero-order valence-corrected chi connectivity index (χ0v) is 15.7. The van der Waals surface area contributed by atoms with Gasteiger partial charge >= 0.3 is 0 Å². The van der Waals surface area contributed by atoms with Crippen LogP contribution in [-0.4, -0.2) is 51.8 Å². The van der Waals surface area contributed by atoms with Crippen molar-refractivity contribution in [2.75, 3.05) is 18.4 Å². The highest BCUT2D eigenvalue weighted by atomic mass is 19.1. The molecule has 0 spiro atoms. The first-order valence-electron chi connectivity index (χ1n) is 9.88. The highest BCUT2D eigenvalue weighted by Gasteiger charge is 2.42. The number of alkyl halides is 1. The molecule has 2 saturated carbocycles. The second-order valence-corrected chi connectivity index (χ2v) is 8.31. The molecule has 2 amide bonds. The normalized spacial score (nSPS) is 28.4. The zero-order valence-electron chi connectivity index (χ0n) is 15.7. The molecule has 3 fully saturated rings. The van der Waals surface area contributed by atoms with Crippen LogP contribution in [-0.2, 0) is 10.3 Å². The van der Waals surface area contributed by atoms with Crippen molar-refractivity contribution in [1.82, 2.24) is 14.7 Å². The summed E-state index contributed by atoms with van der Waals surface area (Å²) in [5, 5.41) is 16.6. The zero-order chi connectivity index (χ0) is 19.9. The Morgan fingerprint density at radius 1 is 1.32 bits per heavy atom. The van der Waals surface area contributed by atoms with E-state index in [1.807, 2.05) is 0 Å². The Labute approximate surface area is 162 Å². The van der Waals surface area contributed by atoms with Gasteiger partial charge in [-0.05, 0) is 38.5 Å². The van der Waals surface area contributed by atoms with Crippen molar-refractivity contribution in [3.05, 3.63) is 11.8 Å². The second kappa shape index (κ2) is 7.17. The van der Waals surface area contributed by atoms with Gasteiger partial charge in [0.1, 0.15) is 11.7 Å². The molecule has 0 atom stereocenters. The summed E-state index contributed by atoms with van der Waals surface area (Å²) in [6, 6.07) is 2.56. The molecule has 28 heavy (non-hydrogen) atoms. The molecule has 3 aliphatic rings. The van der Waals surface area contributed by atoms with Crippen LogP contribution in [0.1, 0.15) is 55.3 Å². The number of carbonyl (C=O) groups excluding carboxylic acids is 2. The van der Waals surface area contributed by atoms with E-state index in [-0.39, 0.29) is 29.6 Å². The Morgan fingerprint density at radius 3 is 2.54 bits per heavy atom. The number of rotatable bonds is 6. The number of amides is 2. The number of nitrogens with two attached hydrogens (primary N) is 1. The molecule has 4 rings (SSSR count). The van der Waals surface area contributed by atoms with E-state index in [9.17, 15) is 19.2 Å². The lowest BCUT2D eigenvalue weighted by atomic mass is 9.76. The van der Waals surface area contributed by atoms with Gasteiger partial charge in [0.25, 0.3) is 5.91 Å². The van der Waals surface area contributed by atoms with E-state index >= 15 is 0 Å². The minimum Gasteiger partial charge on any atom is -0.365 e. The van der Waals surface area contributed by atoms with Gasteiger partial charge in [0.2, 0.25) is 5.91 Å². The lowest BCUT2D eigenvalue weighted by Gasteiger charge is -2.46. The largest absolute Gasteiger partial charge is 0.365 e. The number of carbonyl (C=O) groups is 2. The number of halogens is 1. The summed E-state index contributed by atoms with van der Waals surface area (Å²) in [5.74, 6) is -0.658. The highest BCUT2D eigenvalue weighted by molar-refractivity contribution is 6.02. The van der Waals surface area contributed by atoms with Crippen molar-refractivity contribution >= 4 is 17.6 Å². The van der Waals surface area contributed by atoms with Crippen LogP contribution in [0.3, 0.4) is 0 Å². The summed E-state index contributed by atoms with van der Waals surface area (Å²) >= 11 is 0. The number of likely N-dealkylation sites (tertiary alicyclic amines) is 1. The Bertz CT molecular complexity index is 813. The smallest absolute Gasteiger partial charge is 0.254 e. The minimum absolute atomic E-state index is 0.0229. The first kappa shape index (κ1) is 18.9. The number of nitrogens with one attached hydrogen (secondary N) is 1. The number of primary amides is 1. The molecule has 0 radical (unpaired) electrons. The number of anilines is 1. The molecule has 1 saturated heterocycles. The molecule has 9 heteroatoms. The Morgan fingerprint density at radius 2 is 2.00 bits per heavy atom. The molecule has 0 aromatic carbocycles. The fraction of sp³-hybridized carbons (Fsp3) is 0.684. The molecular weight excluding hydrogens is 363 g/mol. The summed E-state index contributed by atoms with van der Waals surface area (Å²) in [7, 11) is 0. The average Bonchev–Trinajstić information content (AvgIpc) is 3.40. The van der Waals surface area contributed by atoms with Gasteiger partial charge < -0.3 is 11.1 Å². The minimum atomic E-state index is -0.729. The molecule has 0 bridgehead atoms. The van der Waals surface area contributed by atoms with Crippen LogP contribution in [0.5, 0.6) is 0 Å². The molecule has 8 nitrogen and oxygen atoms in total. The number of hydrogen-bond acceptors (Lipinski definition) is 5. The molecular formula is C19H25FN6O2. The van der Waals surface area contributed by atoms with Crippen molar-refractivity contribution in [1.29, 1.82) is 5.26 Å². The first-order valence-corrected chi connectivity index (χ1v) is 9.88. The van der Waals surface area contributed by atoms with Crippen molar-refractivity contribution in [3.63, 3.8) is 0 Å². The number of nitriles is 1. The molecule has 2 aliphatic carbocycles. The van der Waals surface area contributed by atoms with Crippen LogP contribution < -0.4 is 11.1 Å². The first-order chi connectivity index (χ1) is 13.4. The highest BCUT2D eigenvalue weighted by Crippen LogP contribution is 2.41. The molecule has 1 aromatic heterocycles. The van der Waals surface area contributed by atoms with E-state index in [2.05, 4.69) is 21.4 Å². The number of hydrogen-bond donors (Lipinski definition) is 2.